The summed E-state index contributed by atoms with van der Waals surface area (Å²) in [6, 6.07) is 22.5. The summed E-state index contributed by atoms with van der Waals surface area (Å²) >= 11 is 3.49. The molecular weight excluding hydrogens is 514 g/mol. The van der Waals surface area contributed by atoms with Crippen LogP contribution < -0.4 is 5.56 Å². The lowest BCUT2D eigenvalue weighted by molar-refractivity contribution is 0.0631. The number of para-hydroxylation sites is 1. The van der Waals surface area contributed by atoms with Crippen molar-refractivity contribution in [1.29, 1.82) is 0 Å². The zero-order chi connectivity index (χ0) is 25.8. The maximum atomic E-state index is 13.9. The van der Waals surface area contributed by atoms with E-state index in [4.69, 9.17) is 4.98 Å². The molecule has 1 unspecified atom stereocenters. The first-order valence-corrected chi connectivity index (χ1v) is 13.3. The van der Waals surface area contributed by atoms with Gasteiger partial charge in [-0.25, -0.2) is 4.98 Å². The molecule has 3 aromatic carbocycles. The normalized spacial score (nSPS) is 12.2. The minimum absolute atomic E-state index is 0.0767. The summed E-state index contributed by atoms with van der Waals surface area (Å²) in [6.45, 7) is 8.88. The van der Waals surface area contributed by atoms with E-state index in [0.717, 1.165) is 16.6 Å². The summed E-state index contributed by atoms with van der Waals surface area (Å²) in [5.74, 6) is 0.737. The van der Waals surface area contributed by atoms with Gasteiger partial charge in [0.25, 0.3) is 11.5 Å². The minimum Gasteiger partial charge on any atom is -0.328 e. The largest absolute Gasteiger partial charge is 0.328 e. The van der Waals surface area contributed by atoms with Crippen LogP contribution in [-0.2, 0) is 6.42 Å². The second kappa shape index (κ2) is 11.2. The van der Waals surface area contributed by atoms with Crippen LogP contribution in [0.3, 0.4) is 0 Å². The van der Waals surface area contributed by atoms with Gasteiger partial charge in [-0.05, 0) is 66.8 Å². The fourth-order valence-corrected chi connectivity index (χ4v) is 4.98. The standard InChI is InChI=1S/C30H32BrN3O2/c1-5-21-14-16-24(17-15-21)34-28(32-26-13-8-7-12-25(26)30(34)36)27(6-2)33(19-20(3)4)29(35)22-10-9-11-23(31)18-22/h7-18,20,27H,5-6,19H2,1-4H3. The van der Waals surface area contributed by atoms with Crippen LogP contribution in [0.5, 0.6) is 0 Å². The average Bonchev–Trinajstić information content (AvgIpc) is 2.88. The minimum atomic E-state index is -0.387. The van der Waals surface area contributed by atoms with Crippen LogP contribution in [0, 0.1) is 5.92 Å². The number of nitrogens with zero attached hydrogens (tertiary/aromatic N) is 3. The topological polar surface area (TPSA) is 55.2 Å². The highest BCUT2D eigenvalue weighted by atomic mass is 79.9. The molecule has 0 aliphatic heterocycles. The Hall–Kier alpha value is -3.25. The summed E-state index contributed by atoms with van der Waals surface area (Å²) in [5.41, 5.74) is 3.06. The quantitative estimate of drug-likeness (QED) is 0.240. The van der Waals surface area contributed by atoms with E-state index in [1.807, 2.05) is 84.6 Å². The number of hydrogen-bond acceptors (Lipinski definition) is 3. The number of aromatic nitrogens is 2. The molecule has 0 N–H and O–H groups in total. The fraction of sp³-hybridized carbons (Fsp3) is 0.300. The Balaban J connectivity index is 1.95. The highest BCUT2D eigenvalue weighted by Crippen LogP contribution is 2.29. The molecule has 0 aliphatic carbocycles. The van der Waals surface area contributed by atoms with Crippen LogP contribution in [0.4, 0.5) is 0 Å². The van der Waals surface area contributed by atoms with Crippen molar-refractivity contribution in [3.05, 3.63) is 105 Å². The molecule has 0 bridgehead atoms. The number of carbonyl (C=O) groups is 1. The van der Waals surface area contributed by atoms with E-state index in [2.05, 4.69) is 36.7 Å². The second-order valence-corrected chi connectivity index (χ2v) is 10.3. The second-order valence-electron chi connectivity index (χ2n) is 9.43. The Bertz CT molecular complexity index is 1430. The number of hydrogen-bond donors (Lipinski definition) is 0. The van der Waals surface area contributed by atoms with Crippen molar-refractivity contribution in [2.24, 2.45) is 5.92 Å². The van der Waals surface area contributed by atoms with Gasteiger partial charge in [0.05, 0.1) is 22.6 Å². The molecule has 186 valence electrons. The van der Waals surface area contributed by atoms with Crippen LogP contribution in [0.1, 0.15) is 61.9 Å². The van der Waals surface area contributed by atoms with Gasteiger partial charge in [0.15, 0.2) is 0 Å². The number of rotatable bonds is 8. The number of benzene rings is 3. The molecule has 0 saturated heterocycles. The van der Waals surface area contributed by atoms with E-state index < -0.39 is 0 Å². The molecule has 0 fully saturated rings. The maximum absolute atomic E-state index is 13.9. The highest BCUT2D eigenvalue weighted by molar-refractivity contribution is 9.10. The molecule has 0 saturated carbocycles. The SMILES string of the molecule is CCc1ccc(-n2c(C(CC)N(CC(C)C)C(=O)c3cccc(Br)c3)nc3ccccc3c2=O)cc1. The molecule has 0 spiro atoms. The van der Waals surface area contributed by atoms with Crippen LogP contribution in [0.25, 0.3) is 16.6 Å². The van der Waals surface area contributed by atoms with Gasteiger partial charge in [-0.1, -0.05) is 74.0 Å². The van der Waals surface area contributed by atoms with E-state index in [0.29, 0.717) is 35.3 Å². The zero-order valence-corrected chi connectivity index (χ0v) is 22.8. The summed E-state index contributed by atoms with van der Waals surface area (Å²) < 4.78 is 2.54. The smallest absolute Gasteiger partial charge is 0.266 e. The first kappa shape index (κ1) is 25.8. The molecular formula is C30H32BrN3O2. The summed E-state index contributed by atoms with van der Waals surface area (Å²) in [4.78, 5) is 34.6. The molecule has 4 aromatic rings. The van der Waals surface area contributed by atoms with E-state index >= 15 is 0 Å². The van der Waals surface area contributed by atoms with Crippen molar-refractivity contribution in [3.8, 4) is 5.69 Å². The molecule has 0 aliphatic rings. The first-order chi connectivity index (χ1) is 17.3. The van der Waals surface area contributed by atoms with Gasteiger partial charge in [0, 0.05) is 16.6 Å². The Labute approximate surface area is 220 Å². The molecule has 1 atom stereocenters. The maximum Gasteiger partial charge on any atom is 0.266 e. The van der Waals surface area contributed by atoms with Crippen molar-refractivity contribution in [2.75, 3.05) is 6.54 Å². The highest BCUT2D eigenvalue weighted by Gasteiger charge is 2.30. The van der Waals surface area contributed by atoms with Crippen LogP contribution in [0.15, 0.2) is 82.1 Å². The number of halogens is 1. The summed E-state index contributed by atoms with van der Waals surface area (Å²) in [5, 5.41) is 0.560. The Morgan fingerprint density at radius 3 is 2.36 bits per heavy atom. The molecule has 5 nitrogen and oxygen atoms in total. The molecule has 36 heavy (non-hydrogen) atoms. The number of fused-ring (bicyclic) bond motifs is 1. The van der Waals surface area contributed by atoms with Gasteiger partial charge in [0.1, 0.15) is 5.82 Å². The van der Waals surface area contributed by atoms with Crippen LogP contribution in [0.2, 0.25) is 0 Å². The third kappa shape index (κ3) is 5.29. The predicted molar refractivity (Wildman–Crippen MR) is 150 cm³/mol. The monoisotopic (exact) mass is 545 g/mol. The van der Waals surface area contributed by atoms with Crippen molar-refractivity contribution in [1.82, 2.24) is 14.5 Å². The average molecular weight is 547 g/mol. The number of amides is 1. The Morgan fingerprint density at radius 2 is 1.72 bits per heavy atom. The molecule has 6 heteroatoms. The van der Waals surface area contributed by atoms with E-state index in [1.54, 1.807) is 4.57 Å². The van der Waals surface area contributed by atoms with Gasteiger partial charge in [0.2, 0.25) is 0 Å². The molecule has 1 heterocycles. The van der Waals surface area contributed by atoms with Crippen molar-refractivity contribution >= 4 is 32.7 Å². The molecule has 0 radical (unpaired) electrons. The lowest BCUT2D eigenvalue weighted by Crippen LogP contribution is -2.40. The van der Waals surface area contributed by atoms with Gasteiger partial charge < -0.3 is 4.90 Å². The fourth-order valence-electron chi connectivity index (χ4n) is 4.58. The van der Waals surface area contributed by atoms with E-state index in [-0.39, 0.29) is 23.4 Å². The molecule has 4 rings (SSSR count). The number of aryl methyl sites for hydroxylation is 1. The van der Waals surface area contributed by atoms with Gasteiger partial charge >= 0.3 is 0 Å². The lowest BCUT2D eigenvalue weighted by Gasteiger charge is -2.33. The Kier molecular flexibility index (Phi) is 8.04. The van der Waals surface area contributed by atoms with Crippen molar-refractivity contribution in [3.63, 3.8) is 0 Å². The van der Waals surface area contributed by atoms with Crippen LogP contribution >= 0.6 is 15.9 Å². The third-order valence-electron chi connectivity index (χ3n) is 6.36. The molecule has 1 amide bonds. The first-order valence-electron chi connectivity index (χ1n) is 12.5. The van der Waals surface area contributed by atoms with E-state index in [9.17, 15) is 9.59 Å². The number of carbonyl (C=O) groups excluding carboxylic acids is 1. The van der Waals surface area contributed by atoms with Crippen molar-refractivity contribution < 1.29 is 4.79 Å². The summed E-state index contributed by atoms with van der Waals surface area (Å²) in [7, 11) is 0. The van der Waals surface area contributed by atoms with E-state index in [1.165, 1.54) is 5.56 Å². The van der Waals surface area contributed by atoms with Gasteiger partial charge in [-0.15, -0.1) is 0 Å². The third-order valence-corrected chi connectivity index (χ3v) is 6.85. The summed E-state index contributed by atoms with van der Waals surface area (Å²) in [6.07, 6.45) is 1.53. The zero-order valence-electron chi connectivity index (χ0n) is 21.2. The predicted octanol–water partition coefficient (Wildman–Crippen LogP) is 6.96. The van der Waals surface area contributed by atoms with Gasteiger partial charge in [-0.2, -0.15) is 0 Å². The van der Waals surface area contributed by atoms with Crippen molar-refractivity contribution in [2.45, 2.75) is 46.6 Å². The van der Waals surface area contributed by atoms with Crippen LogP contribution in [-0.4, -0.2) is 26.9 Å². The Morgan fingerprint density at radius 1 is 1.00 bits per heavy atom. The van der Waals surface area contributed by atoms with Gasteiger partial charge in [-0.3, -0.25) is 14.2 Å². The lowest BCUT2D eigenvalue weighted by atomic mass is 10.0. The molecule has 1 aromatic heterocycles.